The zero-order valence-corrected chi connectivity index (χ0v) is 13.6. The second kappa shape index (κ2) is 6.91. The summed E-state index contributed by atoms with van der Waals surface area (Å²) in [4.78, 5) is 12.7. The number of nitrogens with zero attached hydrogens (tertiary/aromatic N) is 3. The molecule has 1 aliphatic rings. The van der Waals surface area contributed by atoms with Crippen molar-refractivity contribution in [1.82, 2.24) is 15.0 Å². The van der Waals surface area contributed by atoms with Gasteiger partial charge in [-0.15, -0.1) is 4.98 Å². The molecule has 21 heavy (non-hydrogen) atoms. The van der Waals surface area contributed by atoms with Crippen LogP contribution in [-0.2, 0) is 0 Å². The van der Waals surface area contributed by atoms with E-state index in [1.165, 1.54) is 6.42 Å². The van der Waals surface area contributed by atoms with Crippen molar-refractivity contribution in [2.24, 2.45) is 11.8 Å². The van der Waals surface area contributed by atoms with Gasteiger partial charge in [-0.2, -0.15) is 9.97 Å². The van der Waals surface area contributed by atoms with Crippen molar-refractivity contribution in [3.05, 3.63) is 0 Å². The fourth-order valence-electron chi connectivity index (χ4n) is 2.52. The maximum Gasteiger partial charge on any atom is 0.324 e. The van der Waals surface area contributed by atoms with E-state index in [2.05, 4.69) is 34.1 Å². The SMILES string of the molecule is CNc1nc(OC(C)C)nc(OC2CCC(C)C(C)C2)n1. The first-order valence-corrected chi connectivity index (χ1v) is 7.75. The Bertz CT molecular complexity index is 467. The third kappa shape index (κ3) is 4.44. The van der Waals surface area contributed by atoms with E-state index in [-0.39, 0.29) is 12.2 Å². The van der Waals surface area contributed by atoms with E-state index in [1.807, 2.05) is 13.8 Å². The van der Waals surface area contributed by atoms with Crippen molar-refractivity contribution < 1.29 is 9.47 Å². The van der Waals surface area contributed by atoms with Crippen LogP contribution in [0, 0.1) is 11.8 Å². The Hall–Kier alpha value is -1.59. The number of ether oxygens (including phenoxy) is 2. The fourth-order valence-corrected chi connectivity index (χ4v) is 2.52. The normalized spacial score (nSPS) is 25.7. The molecule has 1 fully saturated rings. The number of hydrogen-bond donors (Lipinski definition) is 1. The minimum Gasteiger partial charge on any atom is -0.461 e. The lowest BCUT2D eigenvalue weighted by molar-refractivity contribution is 0.0900. The molecule has 2 rings (SSSR count). The maximum atomic E-state index is 5.96. The first kappa shape index (κ1) is 15.8. The Morgan fingerprint density at radius 1 is 1.05 bits per heavy atom. The summed E-state index contributed by atoms with van der Waals surface area (Å²) in [5.41, 5.74) is 0. The smallest absolute Gasteiger partial charge is 0.324 e. The van der Waals surface area contributed by atoms with Gasteiger partial charge in [-0.1, -0.05) is 13.8 Å². The molecule has 1 aromatic rings. The van der Waals surface area contributed by atoms with Gasteiger partial charge in [0, 0.05) is 7.05 Å². The van der Waals surface area contributed by atoms with Crippen molar-refractivity contribution in [3.8, 4) is 12.0 Å². The number of hydrogen-bond acceptors (Lipinski definition) is 6. The van der Waals surface area contributed by atoms with Crippen LogP contribution < -0.4 is 14.8 Å². The van der Waals surface area contributed by atoms with Gasteiger partial charge in [0.25, 0.3) is 0 Å². The molecule has 0 saturated heterocycles. The van der Waals surface area contributed by atoms with Crippen LogP contribution in [0.25, 0.3) is 0 Å². The predicted octanol–water partition coefficient (Wildman–Crippen LogP) is 2.90. The molecule has 1 aliphatic carbocycles. The van der Waals surface area contributed by atoms with E-state index in [0.717, 1.165) is 18.8 Å². The van der Waals surface area contributed by atoms with Crippen LogP contribution in [0.4, 0.5) is 5.95 Å². The fraction of sp³-hybridized carbons (Fsp3) is 0.800. The summed E-state index contributed by atoms with van der Waals surface area (Å²) in [6, 6.07) is 0.647. The van der Waals surface area contributed by atoms with Crippen molar-refractivity contribution in [1.29, 1.82) is 0 Å². The highest BCUT2D eigenvalue weighted by Crippen LogP contribution is 2.31. The van der Waals surface area contributed by atoms with Crippen LogP contribution in [0.5, 0.6) is 12.0 Å². The van der Waals surface area contributed by atoms with E-state index < -0.39 is 0 Å². The predicted molar refractivity (Wildman–Crippen MR) is 81.7 cm³/mol. The first-order valence-electron chi connectivity index (χ1n) is 7.75. The Balaban J connectivity index is 2.08. The first-order chi connectivity index (χ1) is 9.97. The number of rotatable bonds is 5. The molecule has 0 aromatic carbocycles. The zero-order valence-electron chi connectivity index (χ0n) is 13.6. The van der Waals surface area contributed by atoms with Crippen molar-refractivity contribution >= 4 is 5.95 Å². The molecule has 0 spiro atoms. The lowest BCUT2D eigenvalue weighted by Gasteiger charge is -2.31. The van der Waals surface area contributed by atoms with Crippen molar-refractivity contribution in [2.75, 3.05) is 12.4 Å². The number of anilines is 1. The third-order valence-corrected chi connectivity index (χ3v) is 3.98. The molecule has 118 valence electrons. The Labute approximate surface area is 126 Å². The van der Waals surface area contributed by atoms with Crippen LogP contribution in [0.2, 0.25) is 0 Å². The lowest BCUT2D eigenvalue weighted by atomic mass is 9.80. The van der Waals surface area contributed by atoms with Gasteiger partial charge in [0.1, 0.15) is 6.10 Å². The molecule has 1 saturated carbocycles. The van der Waals surface area contributed by atoms with E-state index in [9.17, 15) is 0 Å². The molecular formula is C15H26N4O2. The minimum atomic E-state index is 0.0144. The molecule has 3 atom stereocenters. The summed E-state index contributed by atoms with van der Waals surface area (Å²) in [7, 11) is 1.77. The summed E-state index contributed by atoms with van der Waals surface area (Å²) in [6.45, 7) is 8.46. The average Bonchev–Trinajstić information content (AvgIpc) is 2.42. The van der Waals surface area contributed by atoms with Crippen LogP contribution in [0.3, 0.4) is 0 Å². The average molecular weight is 294 g/mol. The molecule has 0 bridgehead atoms. The summed E-state index contributed by atoms with van der Waals surface area (Å²) in [5.74, 6) is 1.89. The number of nitrogens with one attached hydrogen (secondary N) is 1. The van der Waals surface area contributed by atoms with Crippen molar-refractivity contribution in [2.45, 2.75) is 59.2 Å². The van der Waals surface area contributed by atoms with Gasteiger partial charge in [0.2, 0.25) is 5.95 Å². The Morgan fingerprint density at radius 2 is 1.76 bits per heavy atom. The maximum absolute atomic E-state index is 5.96. The molecule has 1 heterocycles. The van der Waals surface area contributed by atoms with Gasteiger partial charge in [0.15, 0.2) is 0 Å². The third-order valence-electron chi connectivity index (χ3n) is 3.98. The second-order valence-electron chi connectivity index (χ2n) is 6.15. The Morgan fingerprint density at radius 3 is 2.38 bits per heavy atom. The van der Waals surface area contributed by atoms with Gasteiger partial charge in [-0.05, 0) is 44.9 Å². The molecule has 6 nitrogen and oxygen atoms in total. The Kier molecular flexibility index (Phi) is 5.20. The minimum absolute atomic E-state index is 0.0144. The molecule has 0 amide bonds. The largest absolute Gasteiger partial charge is 0.461 e. The van der Waals surface area contributed by atoms with Crippen molar-refractivity contribution in [3.63, 3.8) is 0 Å². The van der Waals surface area contributed by atoms with Gasteiger partial charge in [0.05, 0.1) is 6.10 Å². The standard InChI is InChI=1S/C15H26N4O2/c1-9(2)20-14-17-13(16-5)18-15(19-14)21-12-7-6-10(3)11(4)8-12/h9-12H,6-8H2,1-5H3,(H,16,17,18,19). The van der Waals surface area contributed by atoms with E-state index in [4.69, 9.17) is 9.47 Å². The van der Waals surface area contributed by atoms with Gasteiger partial charge < -0.3 is 14.8 Å². The monoisotopic (exact) mass is 294 g/mol. The molecule has 6 heteroatoms. The van der Waals surface area contributed by atoms with Crippen LogP contribution >= 0.6 is 0 Å². The summed E-state index contributed by atoms with van der Waals surface area (Å²) in [6.07, 6.45) is 3.47. The second-order valence-corrected chi connectivity index (χ2v) is 6.15. The zero-order chi connectivity index (χ0) is 15.4. The van der Waals surface area contributed by atoms with E-state index >= 15 is 0 Å². The molecule has 0 radical (unpaired) electrons. The topological polar surface area (TPSA) is 69.2 Å². The van der Waals surface area contributed by atoms with Gasteiger partial charge >= 0.3 is 12.0 Å². The molecule has 0 aliphatic heterocycles. The lowest BCUT2D eigenvalue weighted by Crippen LogP contribution is -2.29. The molecule has 3 unspecified atom stereocenters. The number of aromatic nitrogens is 3. The van der Waals surface area contributed by atoms with Crippen LogP contribution in [0.15, 0.2) is 0 Å². The highest BCUT2D eigenvalue weighted by Gasteiger charge is 2.26. The summed E-state index contributed by atoms with van der Waals surface area (Å²) < 4.78 is 11.5. The quantitative estimate of drug-likeness (QED) is 0.900. The van der Waals surface area contributed by atoms with E-state index in [0.29, 0.717) is 23.9 Å². The van der Waals surface area contributed by atoms with Crippen LogP contribution in [0.1, 0.15) is 47.0 Å². The van der Waals surface area contributed by atoms with Gasteiger partial charge in [-0.25, -0.2) is 0 Å². The van der Waals surface area contributed by atoms with Gasteiger partial charge in [-0.3, -0.25) is 0 Å². The highest BCUT2D eigenvalue weighted by molar-refractivity contribution is 5.26. The summed E-state index contributed by atoms with van der Waals surface area (Å²) >= 11 is 0. The molecular weight excluding hydrogens is 268 g/mol. The van der Waals surface area contributed by atoms with E-state index in [1.54, 1.807) is 7.05 Å². The molecule has 1 N–H and O–H groups in total. The van der Waals surface area contributed by atoms with Crippen LogP contribution in [-0.4, -0.2) is 34.2 Å². The molecule has 1 aromatic heterocycles. The summed E-state index contributed by atoms with van der Waals surface area (Å²) in [5, 5.41) is 2.91. The highest BCUT2D eigenvalue weighted by atomic mass is 16.5.